The van der Waals surface area contributed by atoms with Crippen molar-refractivity contribution >= 4 is 69.2 Å². The first-order valence-electron chi connectivity index (χ1n) is 7.07. The number of amides is 1. The summed E-state index contributed by atoms with van der Waals surface area (Å²) in [6.45, 7) is 0. The van der Waals surface area contributed by atoms with E-state index in [-0.39, 0.29) is 14.9 Å². The number of hydrogen-bond donors (Lipinski definition) is 0. The molecule has 0 N–H and O–H groups in total. The van der Waals surface area contributed by atoms with Crippen LogP contribution in [0.1, 0.15) is 11.1 Å². The first kappa shape index (κ1) is 19.2. The summed E-state index contributed by atoms with van der Waals surface area (Å²) in [5.41, 5.74) is -0.152. The molecule has 0 bridgehead atoms. The van der Waals surface area contributed by atoms with Gasteiger partial charge in [0.05, 0.1) is 26.2 Å². The van der Waals surface area contributed by atoms with E-state index in [4.69, 9.17) is 35.4 Å². The molecule has 1 heterocycles. The lowest BCUT2D eigenvalue weighted by Gasteiger charge is -2.16. The quantitative estimate of drug-likeness (QED) is 0.402. The summed E-state index contributed by atoms with van der Waals surface area (Å²) >= 11 is 18.0. The highest BCUT2D eigenvalue weighted by Gasteiger charge is 2.36. The molecule has 0 radical (unpaired) electrons. The van der Waals surface area contributed by atoms with Gasteiger partial charge in [0.25, 0.3) is 5.91 Å². The van der Waals surface area contributed by atoms with E-state index < -0.39 is 17.6 Å². The van der Waals surface area contributed by atoms with Crippen molar-refractivity contribution in [3.63, 3.8) is 0 Å². The van der Waals surface area contributed by atoms with E-state index in [2.05, 4.69) is 0 Å². The Hall–Kier alpha value is -1.54. The van der Waals surface area contributed by atoms with Gasteiger partial charge in [-0.1, -0.05) is 59.3 Å². The number of alkyl halides is 3. The molecule has 1 aliphatic heterocycles. The third kappa shape index (κ3) is 3.91. The number of halogens is 5. The number of rotatable bonds is 2. The van der Waals surface area contributed by atoms with Crippen LogP contribution in [-0.2, 0) is 11.0 Å². The highest BCUT2D eigenvalue weighted by Crippen LogP contribution is 2.38. The van der Waals surface area contributed by atoms with Crippen LogP contribution in [0, 0.1) is 0 Å². The summed E-state index contributed by atoms with van der Waals surface area (Å²) in [5, 5.41) is 0.703. The monoisotopic (exact) mass is 433 g/mol. The van der Waals surface area contributed by atoms with Crippen LogP contribution in [0.15, 0.2) is 47.4 Å². The van der Waals surface area contributed by atoms with E-state index in [1.807, 2.05) is 0 Å². The summed E-state index contributed by atoms with van der Waals surface area (Å²) in [6, 6.07) is 9.32. The molecule has 3 rings (SSSR count). The van der Waals surface area contributed by atoms with Crippen LogP contribution >= 0.6 is 47.2 Å². The minimum atomic E-state index is -4.51. The van der Waals surface area contributed by atoms with Gasteiger partial charge in [0.1, 0.15) is 0 Å². The first-order chi connectivity index (χ1) is 12.2. The van der Waals surface area contributed by atoms with Gasteiger partial charge in [-0.25, -0.2) is 0 Å². The molecule has 0 aliphatic carbocycles. The van der Waals surface area contributed by atoms with Crippen molar-refractivity contribution in [1.29, 1.82) is 0 Å². The Labute approximate surface area is 166 Å². The topological polar surface area (TPSA) is 20.3 Å². The molecule has 0 unspecified atom stereocenters. The molecule has 1 fully saturated rings. The molecule has 0 spiro atoms. The standard InChI is InChI=1S/C17H8Cl2F3NOS2/c18-12-5-4-9(6-13(12)19)7-14-15(24)23(16(25)26-14)11-3-1-2-10(8-11)17(20,21)22/h1-8H/b14-7-. The molecule has 0 aromatic heterocycles. The lowest BCUT2D eigenvalue weighted by atomic mass is 10.1. The molecule has 2 nitrogen and oxygen atoms in total. The fourth-order valence-electron chi connectivity index (χ4n) is 2.27. The van der Waals surface area contributed by atoms with Crippen molar-refractivity contribution < 1.29 is 18.0 Å². The van der Waals surface area contributed by atoms with E-state index in [1.54, 1.807) is 24.3 Å². The largest absolute Gasteiger partial charge is 0.416 e. The molecule has 0 saturated carbocycles. The number of hydrogen-bond acceptors (Lipinski definition) is 3. The summed E-state index contributed by atoms with van der Waals surface area (Å²) in [6.07, 6.45) is -2.94. The van der Waals surface area contributed by atoms with Crippen LogP contribution in [-0.4, -0.2) is 10.2 Å². The second-order valence-corrected chi connectivity index (χ2v) is 7.73. The predicted molar refractivity (Wildman–Crippen MR) is 104 cm³/mol. The number of carbonyl (C=O) groups is 1. The fourth-order valence-corrected chi connectivity index (χ4v) is 3.87. The van der Waals surface area contributed by atoms with Crippen LogP contribution in [0.25, 0.3) is 6.08 Å². The average molecular weight is 434 g/mol. The Kier molecular flexibility index (Phi) is 5.35. The molecule has 1 amide bonds. The van der Waals surface area contributed by atoms with Gasteiger partial charge in [-0.05, 0) is 42.0 Å². The Balaban J connectivity index is 1.94. The number of thioether (sulfide) groups is 1. The maximum absolute atomic E-state index is 12.9. The second kappa shape index (κ2) is 7.23. The lowest BCUT2D eigenvalue weighted by molar-refractivity contribution is -0.137. The minimum Gasteiger partial charge on any atom is -0.268 e. The number of carbonyl (C=O) groups excluding carboxylic acids is 1. The molecule has 0 atom stereocenters. The average Bonchev–Trinajstić information content (AvgIpc) is 2.84. The zero-order chi connectivity index (χ0) is 19.1. The smallest absolute Gasteiger partial charge is 0.268 e. The summed E-state index contributed by atoms with van der Waals surface area (Å²) in [7, 11) is 0. The van der Waals surface area contributed by atoms with Gasteiger partial charge < -0.3 is 0 Å². The predicted octanol–water partition coefficient (Wildman–Crippen LogP) is 6.42. The maximum atomic E-state index is 12.9. The van der Waals surface area contributed by atoms with Gasteiger partial charge in [0.2, 0.25) is 0 Å². The molecule has 1 saturated heterocycles. The molecule has 9 heteroatoms. The first-order valence-corrected chi connectivity index (χ1v) is 9.05. The van der Waals surface area contributed by atoms with Gasteiger partial charge in [-0.15, -0.1) is 0 Å². The van der Waals surface area contributed by atoms with Crippen molar-refractivity contribution in [3.05, 3.63) is 68.5 Å². The lowest BCUT2D eigenvalue weighted by Crippen LogP contribution is -2.27. The maximum Gasteiger partial charge on any atom is 0.416 e. The highest BCUT2D eigenvalue weighted by atomic mass is 35.5. The second-order valence-electron chi connectivity index (χ2n) is 5.24. The van der Waals surface area contributed by atoms with Crippen molar-refractivity contribution in [2.45, 2.75) is 6.18 Å². The SMILES string of the molecule is O=C1/C(=C/c2ccc(Cl)c(Cl)c2)SC(=S)N1c1cccc(C(F)(F)F)c1. The Bertz CT molecular complexity index is 944. The van der Waals surface area contributed by atoms with Crippen molar-refractivity contribution in [2.75, 3.05) is 4.90 Å². The van der Waals surface area contributed by atoms with E-state index in [9.17, 15) is 18.0 Å². The Morgan fingerprint density at radius 1 is 1.08 bits per heavy atom. The molecular weight excluding hydrogens is 426 g/mol. The highest BCUT2D eigenvalue weighted by molar-refractivity contribution is 8.27. The van der Waals surface area contributed by atoms with Gasteiger partial charge in [-0.3, -0.25) is 9.69 Å². The third-order valence-corrected chi connectivity index (χ3v) is 5.51. The molecule has 2 aromatic carbocycles. The summed E-state index contributed by atoms with van der Waals surface area (Å²) in [4.78, 5) is 14.0. The minimum absolute atomic E-state index is 0.0693. The molecule has 1 aliphatic rings. The molecule has 134 valence electrons. The normalized spacial score (nSPS) is 16.7. The van der Waals surface area contributed by atoms with Crippen LogP contribution in [0.4, 0.5) is 18.9 Å². The van der Waals surface area contributed by atoms with Crippen molar-refractivity contribution in [1.82, 2.24) is 0 Å². The Morgan fingerprint density at radius 3 is 2.46 bits per heavy atom. The number of anilines is 1. The third-order valence-electron chi connectivity index (χ3n) is 3.47. The summed E-state index contributed by atoms with van der Waals surface area (Å²) in [5.74, 6) is -0.495. The van der Waals surface area contributed by atoms with E-state index >= 15 is 0 Å². The van der Waals surface area contributed by atoms with E-state index in [0.717, 1.165) is 28.8 Å². The van der Waals surface area contributed by atoms with Crippen LogP contribution in [0.5, 0.6) is 0 Å². The Morgan fingerprint density at radius 2 is 1.81 bits per heavy atom. The molecule has 26 heavy (non-hydrogen) atoms. The van der Waals surface area contributed by atoms with E-state index in [0.29, 0.717) is 15.6 Å². The van der Waals surface area contributed by atoms with Gasteiger partial charge in [0, 0.05) is 0 Å². The van der Waals surface area contributed by atoms with Gasteiger partial charge in [-0.2, -0.15) is 13.2 Å². The van der Waals surface area contributed by atoms with E-state index in [1.165, 1.54) is 12.1 Å². The van der Waals surface area contributed by atoms with Gasteiger partial charge in [0.15, 0.2) is 4.32 Å². The van der Waals surface area contributed by atoms with Crippen LogP contribution < -0.4 is 4.90 Å². The summed E-state index contributed by atoms with van der Waals surface area (Å²) < 4.78 is 38.9. The molecular formula is C17H8Cl2F3NOS2. The van der Waals surface area contributed by atoms with Crippen LogP contribution in [0.3, 0.4) is 0 Å². The number of thiocarbonyl (C=S) groups is 1. The van der Waals surface area contributed by atoms with Crippen LogP contribution in [0.2, 0.25) is 10.0 Å². The van der Waals surface area contributed by atoms with Gasteiger partial charge >= 0.3 is 6.18 Å². The number of benzene rings is 2. The van der Waals surface area contributed by atoms with Crippen molar-refractivity contribution in [2.24, 2.45) is 0 Å². The zero-order valence-electron chi connectivity index (χ0n) is 12.7. The fraction of sp³-hybridized carbons (Fsp3) is 0.0588. The number of nitrogens with zero attached hydrogens (tertiary/aromatic N) is 1. The zero-order valence-corrected chi connectivity index (χ0v) is 15.8. The molecule has 2 aromatic rings. The van der Waals surface area contributed by atoms with Crippen molar-refractivity contribution in [3.8, 4) is 0 Å².